The summed E-state index contributed by atoms with van der Waals surface area (Å²) in [6, 6.07) is 1.75. The highest BCUT2D eigenvalue weighted by atomic mass is 32.3. The lowest BCUT2D eigenvalue weighted by molar-refractivity contribution is 0.222. The molecule has 6 nitrogen and oxygen atoms in total. The molecule has 0 radical (unpaired) electrons. The van der Waals surface area contributed by atoms with Gasteiger partial charge in [0, 0.05) is 19.7 Å². The minimum atomic E-state index is -3.95. The highest BCUT2D eigenvalue weighted by molar-refractivity contribution is 7.81. The molecule has 0 spiro atoms. The monoisotopic (exact) mass is 220 g/mol. The lowest BCUT2D eigenvalue weighted by Crippen LogP contribution is -2.11. The molecule has 0 aromatic heterocycles. The van der Waals surface area contributed by atoms with Crippen LogP contribution in [0.1, 0.15) is 12.8 Å². The summed E-state index contributed by atoms with van der Waals surface area (Å²) < 4.78 is 30.5. The van der Waals surface area contributed by atoms with E-state index in [1.54, 1.807) is 13.1 Å². The van der Waals surface area contributed by atoms with Crippen molar-refractivity contribution >= 4 is 16.6 Å². The third-order valence-corrected chi connectivity index (χ3v) is 2.01. The summed E-state index contributed by atoms with van der Waals surface area (Å²) in [4.78, 5) is 3.65. The van der Waals surface area contributed by atoms with Crippen LogP contribution in [-0.2, 0) is 18.8 Å². The summed E-state index contributed by atoms with van der Waals surface area (Å²) in [6.07, 6.45) is 1.95. The first-order chi connectivity index (χ1) is 6.62. The third kappa shape index (κ3) is 7.67. The molecule has 0 unspecified atom stereocenters. The molecule has 0 aliphatic rings. The summed E-state index contributed by atoms with van der Waals surface area (Å²) in [6.45, 7) is -0.188. The number of rotatable bonds is 7. The van der Waals surface area contributed by atoms with E-state index < -0.39 is 10.4 Å². The summed E-state index contributed by atoms with van der Waals surface area (Å²) in [5.74, 6) is 0. The molecule has 0 aromatic carbocycles. The van der Waals surface area contributed by atoms with Crippen molar-refractivity contribution in [3.63, 3.8) is 0 Å². The van der Waals surface area contributed by atoms with E-state index in [0.29, 0.717) is 6.42 Å². The highest BCUT2D eigenvalue weighted by Gasteiger charge is 2.10. The van der Waals surface area contributed by atoms with E-state index in [0.717, 1.165) is 0 Å². The zero-order valence-corrected chi connectivity index (χ0v) is 8.66. The van der Waals surface area contributed by atoms with E-state index in [-0.39, 0.29) is 19.6 Å². The second kappa shape index (κ2) is 7.44. The minimum absolute atomic E-state index is 0.00771. The zero-order chi connectivity index (χ0) is 10.9. The van der Waals surface area contributed by atoms with Gasteiger partial charge in [-0.2, -0.15) is 13.7 Å². The van der Waals surface area contributed by atoms with Crippen LogP contribution in [0.4, 0.5) is 0 Å². The van der Waals surface area contributed by atoms with Gasteiger partial charge in [0.1, 0.15) is 0 Å². The topological polar surface area (TPSA) is 88.8 Å². The molecule has 0 rings (SSSR count). The molecule has 0 heterocycles. The molecule has 0 bridgehead atoms. The van der Waals surface area contributed by atoms with Gasteiger partial charge in [0.05, 0.1) is 25.7 Å². The van der Waals surface area contributed by atoms with Crippen molar-refractivity contribution in [2.24, 2.45) is 4.99 Å². The largest absolute Gasteiger partial charge is 0.399 e. The fraction of sp³-hybridized carbons (Fsp3) is 0.714. The predicted molar refractivity (Wildman–Crippen MR) is 50.1 cm³/mol. The van der Waals surface area contributed by atoms with Crippen LogP contribution < -0.4 is 0 Å². The Morgan fingerprint density at radius 3 is 2.64 bits per heavy atom. The van der Waals surface area contributed by atoms with Crippen molar-refractivity contribution in [1.29, 1.82) is 5.26 Å². The smallest absolute Gasteiger partial charge is 0.301 e. The first kappa shape index (κ1) is 13.0. The number of hydrogen-bond acceptors (Lipinski definition) is 6. The quantitative estimate of drug-likeness (QED) is 0.454. The van der Waals surface area contributed by atoms with E-state index in [1.165, 1.54) is 6.21 Å². The molecule has 14 heavy (non-hydrogen) atoms. The summed E-state index contributed by atoms with van der Waals surface area (Å²) in [5.41, 5.74) is 0. The fourth-order valence-electron chi connectivity index (χ4n) is 0.555. The third-order valence-electron chi connectivity index (χ3n) is 1.10. The van der Waals surface area contributed by atoms with Gasteiger partial charge < -0.3 is 4.99 Å². The Kier molecular flexibility index (Phi) is 6.92. The van der Waals surface area contributed by atoms with Gasteiger partial charge in [0.15, 0.2) is 0 Å². The van der Waals surface area contributed by atoms with Crippen molar-refractivity contribution < 1.29 is 16.8 Å². The molecule has 0 aliphatic heterocycles. The first-order valence-electron chi connectivity index (χ1n) is 3.93. The molecule has 0 saturated carbocycles. The van der Waals surface area contributed by atoms with Crippen LogP contribution in [0.2, 0.25) is 0 Å². The Balaban J connectivity index is 3.68. The number of nitriles is 1. The van der Waals surface area contributed by atoms with Crippen LogP contribution in [0.25, 0.3) is 0 Å². The predicted octanol–water partition coefficient (Wildman–Crippen LogP) is 0.269. The molecule has 0 fully saturated rings. The van der Waals surface area contributed by atoms with Crippen molar-refractivity contribution in [3.05, 3.63) is 0 Å². The van der Waals surface area contributed by atoms with Crippen molar-refractivity contribution in [2.45, 2.75) is 12.8 Å². The number of nitrogens with zero attached hydrogens (tertiary/aromatic N) is 2. The average Bonchev–Trinajstić information content (AvgIpc) is 2.13. The standard InChI is InChI=1S/C7H12N2O4S/c1-9-5-3-7-13-14(10,11)12-6-2-4-8/h5H,2-3,6-7H2,1H3/b9-5+. The maximum atomic E-state index is 10.9. The second-order valence-corrected chi connectivity index (χ2v) is 3.48. The molecular weight excluding hydrogens is 208 g/mol. The Morgan fingerprint density at radius 1 is 1.43 bits per heavy atom. The van der Waals surface area contributed by atoms with Crippen LogP contribution in [0.3, 0.4) is 0 Å². The SMILES string of the molecule is C/N=C/CCOS(=O)(=O)OCCC#N. The van der Waals surface area contributed by atoms with E-state index in [2.05, 4.69) is 13.4 Å². The molecule has 0 aromatic rings. The normalized spacial score (nSPS) is 11.7. The van der Waals surface area contributed by atoms with Gasteiger partial charge in [-0.3, -0.25) is 0 Å². The second-order valence-electron chi connectivity index (χ2n) is 2.19. The molecule has 80 valence electrons. The molecule has 0 aliphatic carbocycles. The van der Waals surface area contributed by atoms with Crippen LogP contribution >= 0.6 is 0 Å². The van der Waals surface area contributed by atoms with Gasteiger partial charge in [0.25, 0.3) is 0 Å². The molecule has 0 atom stereocenters. The Hall–Kier alpha value is -0.970. The minimum Gasteiger partial charge on any atom is -0.301 e. The zero-order valence-electron chi connectivity index (χ0n) is 7.84. The average molecular weight is 220 g/mol. The first-order valence-corrected chi connectivity index (χ1v) is 5.27. The maximum Gasteiger partial charge on any atom is 0.399 e. The van der Waals surface area contributed by atoms with Crippen LogP contribution in [-0.4, -0.2) is 34.9 Å². The van der Waals surface area contributed by atoms with Gasteiger partial charge in [-0.25, -0.2) is 8.37 Å². The Bertz CT molecular complexity index is 304. The molecule has 0 N–H and O–H groups in total. The number of hydrogen-bond donors (Lipinski definition) is 0. The van der Waals surface area contributed by atoms with E-state index in [1.807, 2.05) is 0 Å². The molecular formula is C7H12N2O4S. The Labute approximate surface area is 83.5 Å². The summed E-state index contributed by atoms with van der Waals surface area (Å²) in [5, 5.41) is 8.13. The fourth-order valence-corrected chi connectivity index (χ4v) is 1.21. The lowest BCUT2D eigenvalue weighted by atomic mass is 10.5. The van der Waals surface area contributed by atoms with Crippen molar-refractivity contribution in [3.8, 4) is 6.07 Å². The van der Waals surface area contributed by atoms with E-state index in [9.17, 15) is 8.42 Å². The van der Waals surface area contributed by atoms with Crippen LogP contribution in [0.5, 0.6) is 0 Å². The van der Waals surface area contributed by atoms with E-state index >= 15 is 0 Å². The van der Waals surface area contributed by atoms with Crippen LogP contribution in [0, 0.1) is 11.3 Å². The van der Waals surface area contributed by atoms with E-state index in [4.69, 9.17) is 5.26 Å². The highest BCUT2D eigenvalue weighted by Crippen LogP contribution is 1.97. The summed E-state index contributed by atoms with van der Waals surface area (Å²) >= 11 is 0. The van der Waals surface area contributed by atoms with Crippen molar-refractivity contribution in [1.82, 2.24) is 0 Å². The molecule has 7 heteroatoms. The van der Waals surface area contributed by atoms with Gasteiger partial charge in [0.2, 0.25) is 0 Å². The number of aliphatic imine (C=N–C) groups is 1. The van der Waals surface area contributed by atoms with Crippen molar-refractivity contribution in [2.75, 3.05) is 20.3 Å². The molecule has 0 amide bonds. The lowest BCUT2D eigenvalue weighted by Gasteiger charge is -2.02. The summed E-state index contributed by atoms with van der Waals surface area (Å²) in [7, 11) is -2.37. The molecule has 0 saturated heterocycles. The van der Waals surface area contributed by atoms with Gasteiger partial charge >= 0.3 is 10.4 Å². The Morgan fingerprint density at radius 2 is 2.07 bits per heavy atom. The van der Waals surface area contributed by atoms with Gasteiger partial charge in [-0.1, -0.05) is 0 Å². The van der Waals surface area contributed by atoms with Crippen LogP contribution in [0.15, 0.2) is 4.99 Å². The van der Waals surface area contributed by atoms with Gasteiger partial charge in [-0.05, 0) is 0 Å². The van der Waals surface area contributed by atoms with Gasteiger partial charge in [-0.15, -0.1) is 0 Å². The maximum absolute atomic E-state index is 10.9.